The van der Waals surface area contributed by atoms with E-state index >= 15 is 0 Å². The maximum absolute atomic E-state index is 12.5. The lowest BCUT2D eigenvalue weighted by Gasteiger charge is -2.05. The first-order valence-electron chi connectivity index (χ1n) is 10.4. The monoisotopic (exact) mass is 433 g/mol. The minimum Gasteiger partial charge on any atom is -0.496 e. The third-order valence-electron chi connectivity index (χ3n) is 5.61. The SMILES string of the molecule is COc1ccccc1-c1nc(C)c(CC(=O)OCc2ccc3c(c2)nc2n3CCC2)s1. The highest BCUT2D eigenvalue weighted by Gasteiger charge is 2.18. The average molecular weight is 434 g/mol. The molecule has 1 aliphatic rings. The number of para-hydroxylation sites is 1. The summed E-state index contributed by atoms with van der Waals surface area (Å²) in [5, 5.41) is 0.844. The van der Waals surface area contributed by atoms with Crippen molar-refractivity contribution < 1.29 is 14.3 Å². The number of nitrogens with zero attached hydrogens (tertiary/aromatic N) is 3. The van der Waals surface area contributed by atoms with Gasteiger partial charge in [-0.1, -0.05) is 18.2 Å². The number of hydrogen-bond donors (Lipinski definition) is 0. The number of hydrogen-bond acceptors (Lipinski definition) is 6. The van der Waals surface area contributed by atoms with Crippen molar-refractivity contribution in [2.75, 3.05) is 7.11 Å². The Morgan fingerprint density at radius 3 is 2.94 bits per heavy atom. The van der Waals surface area contributed by atoms with Crippen LogP contribution in [-0.4, -0.2) is 27.6 Å². The van der Waals surface area contributed by atoms with Gasteiger partial charge in [-0.15, -0.1) is 11.3 Å². The molecule has 1 aliphatic heterocycles. The van der Waals surface area contributed by atoms with Gasteiger partial charge in [0.05, 0.1) is 35.8 Å². The topological polar surface area (TPSA) is 66.2 Å². The molecule has 0 spiro atoms. The number of imidazole rings is 1. The van der Waals surface area contributed by atoms with Crippen LogP contribution in [0.4, 0.5) is 0 Å². The fourth-order valence-electron chi connectivity index (χ4n) is 4.03. The summed E-state index contributed by atoms with van der Waals surface area (Å²) in [5.74, 6) is 1.66. The van der Waals surface area contributed by atoms with Gasteiger partial charge in [0.1, 0.15) is 23.2 Å². The number of fused-ring (bicyclic) bond motifs is 3. The van der Waals surface area contributed by atoms with E-state index in [0.717, 1.165) is 68.7 Å². The summed E-state index contributed by atoms with van der Waals surface area (Å²) in [6, 6.07) is 13.9. The van der Waals surface area contributed by atoms with Crippen LogP contribution in [0.15, 0.2) is 42.5 Å². The molecule has 2 aromatic carbocycles. The lowest BCUT2D eigenvalue weighted by atomic mass is 10.2. The highest BCUT2D eigenvalue weighted by Crippen LogP contribution is 2.34. The van der Waals surface area contributed by atoms with Gasteiger partial charge in [-0.05, 0) is 43.2 Å². The van der Waals surface area contributed by atoms with Gasteiger partial charge in [0.15, 0.2) is 0 Å². The van der Waals surface area contributed by atoms with Crippen molar-refractivity contribution in [1.82, 2.24) is 14.5 Å². The molecule has 0 radical (unpaired) electrons. The molecule has 6 nitrogen and oxygen atoms in total. The number of carbonyl (C=O) groups is 1. The Hall–Kier alpha value is -3.19. The first kappa shape index (κ1) is 19.8. The van der Waals surface area contributed by atoms with Crippen molar-refractivity contribution >= 4 is 28.3 Å². The number of methoxy groups -OCH3 is 1. The van der Waals surface area contributed by atoms with Crippen molar-refractivity contribution in [1.29, 1.82) is 0 Å². The Balaban J connectivity index is 1.26. The summed E-state index contributed by atoms with van der Waals surface area (Å²) >= 11 is 1.50. The Morgan fingerprint density at radius 2 is 2.06 bits per heavy atom. The standard InChI is InChI=1S/C24H23N3O3S/c1-15-21(31-24(25-15)17-6-3-4-7-20(17)29-2)13-23(28)30-14-16-9-10-19-18(12-16)26-22-8-5-11-27(19)22/h3-4,6-7,9-10,12H,5,8,11,13-14H2,1-2H3. The predicted octanol–water partition coefficient (Wildman–Crippen LogP) is 4.71. The summed E-state index contributed by atoms with van der Waals surface area (Å²) in [6.45, 7) is 3.20. The van der Waals surface area contributed by atoms with Crippen molar-refractivity contribution in [2.45, 2.75) is 39.3 Å². The molecule has 0 amide bonds. The number of rotatable bonds is 6. The molecule has 5 rings (SSSR count). The number of aromatic nitrogens is 3. The summed E-state index contributed by atoms with van der Waals surface area (Å²) in [5.41, 5.74) is 4.86. The van der Waals surface area contributed by atoms with E-state index in [1.54, 1.807) is 7.11 Å². The predicted molar refractivity (Wildman–Crippen MR) is 120 cm³/mol. The highest BCUT2D eigenvalue weighted by molar-refractivity contribution is 7.15. The second-order valence-corrected chi connectivity index (χ2v) is 8.76. The van der Waals surface area contributed by atoms with Crippen LogP contribution in [-0.2, 0) is 35.5 Å². The molecule has 0 saturated carbocycles. The molecule has 158 valence electrons. The summed E-state index contributed by atoms with van der Waals surface area (Å²) in [6.07, 6.45) is 2.40. The Bertz CT molecular complexity index is 1270. The molecule has 0 bridgehead atoms. The molecule has 0 aliphatic carbocycles. The maximum atomic E-state index is 12.5. The van der Waals surface area contributed by atoms with Crippen LogP contribution in [0.2, 0.25) is 0 Å². The number of ether oxygens (including phenoxy) is 2. The zero-order chi connectivity index (χ0) is 21.4. The summed E-state index contributed by atoms with van der Waals surface area (Å²) in [7, 11) is 1.65. The molecule has 2 aromatic heterocycles. The quantitative estimate of drug-likeness (QED) is 0.412. The van der Waals surface area contributed by atoms with Crippen LogP contribution in [0.5, 0.6) is 5.75 Å². The molecule has 0 fully saturated rings. The third-order valence-corrected chi connectivity index (χ3v) is 6.80. The second-order valence-electron chi connectivity index (χ2n) is 7.67. The zero-order valence-corrected chi connectivity index (χ0v) is 18.4. The average Bonchev–Trinajstić information content (AvgIpc) is 3.47. The van der Waals surface area contributed by atoms with E-state index in [1.807, 2.05) is 43.3 Å². The van der Waals surface area contributed by atoms with E-state index in [2.05, 4.69) is 15.6 Å². The Labute approximate surface area is 184 Å². The van der Waals surface area contributed by atoms with Crippen molar-refractivity contribution in [3.8, 4) is 16.3 Å². The molecule has 0 unspecified atom stereocenters. The molecule has 0 atom stereocenters. The van der Waals surface area contributed by atoms with Gasteiger partial charge in [-0.25, -0.2) is 9.97 Å². The highest BCUT2D eigenvalue weighted by atomic mass is 32.1. The fourth-order valence-corrected chi connectivity index (χ4v) is 5.10. The number of carbonyl (C=O) groups excluding carboxylic acids is 1. The van der Waals surface area contributed by atoms with Crippen LogP contribution in [0.25, 0.3) is 21.6 Å². The molecule has 7 heteroatoms. The van der Waals surface area contributed by atoms with Crippen LogP contribution < -0.4 is 4.74 Å². The van der Waals surface area contributed by atoms with Crippen molar-refractivity contribution in [3.63, 3.8) is 0 Å². The largest absolute Gasteiger partial charge is 0.496 e. The van der Waals surface area contributed by atoms with Gasteiger partial charge < -0.3 is 14.0 Å². The number of esters is 1. The van der Waals surface area contributed by atoms with E-state index in [0.29, 0.717) is 0 Å². The van der Waals surface area contributed by atoms with E-state index in [9.17, 15) is 4.79 Å². The molecule has 0 saturated heterocycles. The van der Waals surface area contributed by atoms with Crippen LogP contribution in [0, 0.1) is 6.92 Å². The molecule has 3 heterocycles. The summed E-state index contributed by atoms with van der Waals surface area (Å²) < 4.78 is 13.3. The van der Waals surface area contributed by atoms with Crippen molar-refractivity contribution in [3.05, 3.63) is 64.4 Å². The fraction of sp³-hybridized carbons (Fsp3) is 0.292. The molecule has 31 heavy (non-hydrogen) atoms. The Kier molecular flexibility index (Phi) is 5.19. The first-order chi connectivity index (χ1) is 15.1. The maximum Gasteiger partial charge on any atom is 0.311 e. The van der Waals surface area contributed by atoms with Gasteiger partial charge in [0.25, 0.3) is 0 Å². The van der Waals surface area contributed by atoms with E-state index in [-0.39, 0.29) is 19.0 Å². The lowest BCUT2D eigenvalue weighted by molar-refractivity contribution is -0.144. The molecular formula is C24H23N3O3S. The van der Waals surface area contributed by atoms with E-state index in [1.165, 1.54) is 11.3 Å². The van der Waals surface area contributed by atoms with Gasteiger partial charge in [-0.2, -0.15) is 0 Å². The van der Waals surface area contributed by atoms with Gasteiger partial charge >= 0.3 is 5.97 Å². The smallest absolute Gasteiger partial charge is 0.311 e. The van der Waals surface area contributed by atoms with Gasteiger partial charge in [0.2, 0.25) is 0 Å². The van der Waals surface area contributed by atoms with Gasteiger partial charge in [-0.3, -0.25) is 4.79 Å². The normalized spacial score (nSPS) is 12.8. The molecule has 4 aromatic rings. The molecule has 0 N–H and O–H groups in total. The Morgan fingerprint density at radius 1 is 1.19 bits per heavy atom. The van der Waals surface area contributed by atoms with Crippen molar-refractivity contribution in [2.24, 2.45) is 0 Å². The minimum atomic E-state index is -0.259. The first-order valence-corrected chi connectivity index (χ1v) is 11.2. The van der Waals surface area contributed by atoms with Crippen LogP contribution in [0.1, 0.15) is 28.4 Å². The van der Waals surface area contributed by atoms with Crippen LogP contribution >= 0.6 is 11.3 Å². The lowest BCUT2D eigenvalue weighted by Crippen LogP contribution is -2.07. The molecular weight excluding hydrogens is 410 g/mol. The number of aryl methyl sites for hydroxylation is 3. The zero-order valence-electron chi connectivity index (χ0n) is 17.6. The number of thiazole rings is 1. The van der Waals surface area contributed by atoms with E-state index in [4.69, 9.17) is 14.5 Å². The van der Waals surface area contributed by atoms with Gasteiger partial charge in [0, 0.05) is 17.8 Å². The second kappa shape index (κ2) is 8.15. The minimum absolute atomic E-state index is 0.208. The van der Waals surface area contributed by atoms with Crippen LogP contribution in [0.3, 0.4) is 0 Å². The summed E-state index contributed by atoms with van der Waals surface area (Å²) in [4.78, 5) is 22.8. The number of benzene rings is 2. The third kappa shape index (κ3) is 3.81. The van der Waals surface area contributed by atoms with E-state index < -0.39 is 0 Å².